The molecule has 0 aliphatic carbocycles. The van der Waals surface area contributed by atoms with Crippen LogP contribution in [0.1, 0.15) is 22.3 Å². The van der Waals surface area contributed by atoms with E-state index < -0.39 is 7.04 Å². The molecule has 1 amide bonds. The maximum absolute atomic E-state index is 12.7. The minimum Gasteiger partial charge on any atom is -0.493 e. The van der Waals surface area contributed by atoms with Gasteiger partial charge in [0.05, 0.1) is 45.9 Å². The smallest absolute Gasteiger partial charge is 0.248 e. The first-order valence-corrected chi connectivity index (χ1v) is 12.8. The van der Waals surface area contributed by atoms with Crippen molar-refractivity contribution in [2.45, 2.75) is 13.5 Å². The molecule has 0 aliphatic rings. The zero-order chi connectivity index (χ0) is 31.7. The van der Waals surface area contributed by atoms with Gasteiger partial charge in [0.1, 0.15) is 18.4 Å². The molecular weight excluding hydrogens is 520 g/mol. The number of fused-ring (bicyclic) bond motifs is 1. The molecule has 2 N–H and O–H groups in total. The van der Waals surface area contributed by atoms with Crippen LogP contribution < -0.4 is 24.8 Å². The number of nitrogens with one attached hydrogen (secondary N) is 2. The SMILES string of the molecule is [2H]C([2H])([2H])Oc1cc(Nc2c(C#N)cnc3cc(OCC)c(NC(=O)C=CCN(C)C)cc23)ccc1OCc1ccccn1. The van der Waals surface area contributed by atoms with Crippen LogP contribution in [0.2, 0.25) is 0 Å². The van der Waals surface area contributed by atoms with E-state index in [2.05, 4.69) is 26.7 Å². The highest BCUT2D eigenvalue weighted by molar-refractivity contribution is 6.04. The number of likely N-dealkylation sites (N-methyl/N-ethyl adjacent to an activating group) is 1. The molecule has 0 fully saturated rings. The Balaban J connectivity index is 1.72. The Labute approximate surface area is 243 Å². The summed E-state index contributed by atoms with van der Waals surface area (Å²) >= 11 is 0. The van der Waals surface area contributed by atoms with Gasteiger partial charge in [-0.3, -0.25) is 14.8 Å². The minimum absolute atomic E-state index is 0.0288. The van der Waals surface area contributed by atoms with Crippen LogP contribution in [-0.2, 0) is 11.4 Å². The van der Waals surface area contributed by atoms with E-state index in [0.29, 0.717) is 52.6 Å². The van der Waals surface area contributed by atoms with Gasteiger partial charge in [-0.05, 0) is 51.4 Å². The van der Waals surface area contributed by atoms with Gasteiger partial charge in [-0.1, -0.05) is 12.1 Å². The van der Waals surface area contributed by atoms with Crippen LogP contribution in [0.3, 0.4) is 0 Å². The normalized spacial score (nSPS) is 12.3. The molecule has 0 spiro atoms. The van der Waals surface area contributed by atoms with E-state index in [1.807, 2.05) is 32.0 Å². The molecule has 0 aliphatic heterocycles. The zero-order valence-electron chi connectivity index (χ0n) is 26.0. The maximum atomic E-state index is 12.7. The highest BCUT2D eigenvalue weighted by Crippen LogP contribution is 2.38. The molecule has 210 valence electrons. The molecule has 2 heterocycles. The predicted octanol–water partition coefficient (Wildman–Crippen LogP) is 5.29. The second kappa shape index (κ2) is 13.8. The number of aromatic nitrogens is 2. The molecule has 41 heavy (non-hydrogen) atoms. The number of pyridine rings is 2. The first-order chi connectivity index (χ1) is 21.1. The van der Waals surface area contributed by atoms with E-state index in [1.54, 1.807) is 48.7 Å². The number of rotatable bonds is 12. The van der Waals surface area contributed by atoms with Gasteiger partial charge >= 0.3 is 0 Å². The van der Waals surface area contributed by atoms with Gasteiger partial charge in [-0.25, -0.2) is 0 Å². The number of hydrogen-bond acceptors (Lipinski definition) is 9. The summed E-state index contributed by atoms with van der Waals surface area (Å²) in [4.78, 5) is 23.2. The fourth-order valence-electron chi connectivity index (χ4n) is 3.92. The van der Waals surface area contributed by atoms with Gasteiger partial charge in [0, 0.05) is 48.2 Å². The number of benzene rings is 2. The third-order valence-electron chi connectivity index (χ3n) is 5.81. The molecule has 2 aromatic carbocycles. The fourth-order valence-corrected chi connectivity index (χ4v) is 3.92. The lowest BCUT2D eigenvalue weighted by molar-refractivity contribution is -0.111. The lowest BCUT2D eigenvalue weighted by Crippen LogP contribution is -2.13. The van der Waals surface area contributed by atoms with E-state index >= 15 is 0 Å². The van der Waals surface area contributed by atoms with E-state index in [4.69, 9.17) is 18.3 Å². The highest BCUT2D eigenvalue weighted by Gasteiger charge is 2.16. The summed E-state index contributed by atoms with van der Waals surface area (Å²) in [7, 11) is 1.05. The summed E-state index contributed by atoms with van der Waals surface area (Å²) in [6.07, 6.45) is 6.23. The van der Waals surface area contributed by atoms with Crippen molar-refractivity contribution in [1.82, 2.24) is 14.9 Å². The minimum atomic E-state index is -2.74. The molecule has 0 saturated heterocycles. The standard InChI is InChI=1S/C31H32N6O4/c1-5-40-28-17-25-24(16-26(28)36-30(38)10-8-14-37(2)3)31(21(18-32)19-34-25)35-22-11-12-27(29(15-22)39-4)41-20-23-9-6-7-13-33-23/h6-13,15-17,19H,5,14,20H2,1-4H3,(H,34,35)(H,36,38)/i4D3. The summed E-state index contributed by atoms with van der Waals surface area (Å²) in [6.45, 7) is 2.87. The summed E-state index contributed by atoms with van der Waals surface area (Å²) in [5.74, 6) is 0.240. The number of carbonyl (C=O) groups is 1. The molecule has 2 aromatic heterocycles. The number of carbonyl (C=O) groups excluding carboxylic acids is 1. The van der Waals surface area contributed by atoms with Crippen LogP contribution in [0.25, 0.3) is 10.9 Å². The molecule has 0 bridgehead atoms. The van der Waals surface area contributed by atoms with Gasteiger partial charge in [0.25, 0.3) is 0 Å². The summed E-state index contributed by atoms with van der Waals surface area (Å²) < 4.78 is 39.8. The van der Waals surface area contributed by atoms with Gasteiger partial charge in [-0.2, -0.15) is 5.26 Å². The highest BCUT2D eigenvalue weighted by atomic mass is 16.5. The summed E-state index contributed by atoms with van der Waals surface area (Å²) in [5.41, 5.74) is 2.58. The third-order valence-corrected chi connectivity index (χ3v) is 5.81. The number of hydrogen-bond donors (Lipinski definition) is 2. The number of nitriles is 1. The Bertz CT molecular complexity index is 1690. The first-order valence-electron chi connectivity index (χ1n) is 14.3. The van der Waals surface area contributed by atoms with Crippen LogP contribution in [0.5, 0.6) is 17.2 Å². The van der Waals surface area contributed by atoms with E-state index in [0.717, 1.165) is 0 Å². The number of nitrogens with zero attached hydrogens (tertiary/aromatic N) is 4. The molecule has 0 atom stereocenters. The Morgan fingerprint density at radius 3 is 2.73 bits per heavy atom. The summed E-state index contributed by atoms with van der Waals surface area (Å²) in [6, 6.07) is 15.6. The van der Waals surface area contributed by atoms with Crippen molar-refractivity contribution in [2.75, 3.05) is 44.9 Å². The van der Waals surface area contributed by atoms with Crippen molar-refractivity contribution < 1.29 is 23.1 Å². The average molecular weight is 556 g/mol. The zero-order valence-corrected chi connectivity index (χ0v) is 23.0. The van der Waals surface area contributed by atoms with Crippen molar-refractivity contribution in [1.29, 1.82) is 5.26 Å². The Hall–Kier alpha value is -5.14. The number of ether oxygens (including phenoxy) is 3. The lowest BCUT2D eigenvalue weighted by atomic mass is 10.1. The van der Waals surface area contributed by atoms with Crippen LogP contribution in [-0.4, -0.2) is 55.1 Å². The average Bonchev–Trinajstić information content (AvgIpc) is 2.97. The molecule has 10 nitrogen and oxygen atoms in total. The second-order valence-corrected chi connectivity index (χ2v) is 9.11. The maximum Gasteiger partial charge on any atom is 0.248 e. The van der Waals surface area contributed by atoms with E-state index in [9.17, 15) is 10.1 Å². The van der Waals surface area contributed by atoms with Gasteiger partial charge in [0.15, 0.2) is 11.5 Å². The van der Waals surface area contributed by atoms with Crippen LogP contribution in [0, 0.1) is 11.3 Å². The van der Waals surface area contributed by atoms with Crippen molar-refractivity contribution in [3.8, 4) is 23.3 Å². The van der Waals surface area contributed by atoms with Gasteiger partial charge < -0.3 is 29.7 Å². The number of anilines is 3. The molecular formula is C31H32N6O4. The van der Waals surface area contributed by atoms with Crippen molar-refractivity contribution in [3.05, 3.63) is 84.3 Å². The topological polar surface area (TPSA) is 122 Å². The Morgan fingerprint density at radius 1 is 1.12 bits per heavy atom. The summed E-state index contributed by atoms with van der Waals surface area (Å²) in [5, 5.41) is 16.5. The largest absolute Gasteiger partial charge is 0.493 e. The predicted molar refractivity (Wildman–Crippen MR) is 159 cm³/mol. The van der Waals surface area contributed by atoms with Crippen molar-refractivity contribution in [3.63, 3.8) is 0 Å². The van der Waals surface area contributed by atoms with Crippen LogP contribution in [0.15, 0.2) is 73.1 Å². The van der Waals surface area contributed by atoms with Crippen molar-refractivity contribution >= 4 is 33.9 Å². The molecule has 0 radical (unpaired) electrons. The van der Waals surface area contributed by atoms with Gasteiger partial charge in [0.2, 0.25) is 5.91 Å². The third kappa shape index (κ3) is 7.50. The Morgan fingerprint density at radius 2 is 2.00 bits per heavy atom. The van der Waals surface area contributed by atoms with Crippen LogP contribution >= 0.6 is 0 Å². The molecule has 4 rings (SSSR count). The first kappa shape index (κ1) is 24.9. The lowest BCUT2D eigenvalue weighted by Gasteiger charge is -2.17. The van der Waals surface area contributed by atoms with Gasteiger partial charge in [-0.15, -0.1) is 0 Å². The van der Waals surface area contributed by atoms with Crippen molar-refractivity contribution in [2.24, 2.45) is 0 Å². The van der Waals surface area contributed by atoms with E-state index in [-0.39, 0.29) is 29.6 Å². The fraction of sp³-hybridized carbons (Fsp3) is 0.226. The number of methoxy groups -OCH3 is 1. The molecule has 0 unspecified atom stereocenters. The number of amides is 1. The molecule has 0 saturated carbocycles. The monoisotopic (exact) mass is 555 g/mol. The molecule has 4 aromatic rings. The quantitative estimate of drug-likeness (QED) is 0.225. The van der Waals surface area contributed by atoms with E-state index in [1.165, 1.54) is 18.3 Å². The van der Waals surface area contributed by atoms with Crippen LogP contribution in [0.4, 0.5) is 17.1 Å². The molecule has 10 heteroatoms. The Kier molecular flexibility index (Phi) is 8.36. The second-order valence-electron chi connectivity index (χ2n) is 9.11.